The molecular weight excluding hydrogens is 232 g/mol. The smallest absolute Gasteiger partial charge is 0.236 e. The second-order valence-electron chi connectivity index (χ2n) is 4.09. The molecule has 0 saturated carbocycles. The number of hydrogen-bond acceptors (Lipinski definition) is 5. The Morgan fingerprint density at radius 2 is 2.28 bits per heavy atom. The molecule has 0 fully saturated rings. The first-order chi connectivity index (χ1) is 8.72. The van der Waals surface area contributed by atoms with Crippen molar-refractivity contribution in [3.8, 4) is 5.75 Å². The molecule has 0 saturated heterocycles. The highest BCUT2D eigenvalue weighted by Crippen LogP contribution is 2.17. The minimum Gasteiger partial charge on any atom is -0.497 e. The first kappa shape index (κ1) is 12.4. The van der Waals surface area contributed by atoms with Gasteiger partial charge in [-0.3, -0.25) is 10.2 Å². The molecule has 1 amide bonds. The molecule has 1 heterocycles. The van der Waals surface area contributed by atoms with Crippen LogP contribution in [0.1, 0.15) is 18.4 Å². The number of nitrogens with zero attached hydrogens (tertiary/aromatic N) is 1. The van der Waals surface area contributed by atoms with Crippen LogP contribution in [-0.4, -0.2) is 24.8 Å². The number of benzene rings is 1. The zero-order valence-electron chi connectivity index (χ0n) is 10.1. The van der Waals surface area contributed by atoms with Crippen molar-refractivity contribution in [1.29, 1.82) is 0 Å². The summed E-state index contributed by atoms with van der Waals surface area (Å²) in [4.78, 5) is 11.2. The average Bonchev–Trinajstić information content (AvgIpc) is 2.87. The summed E-state index contributed by atoms with van der Waals surface area (Å²) in [5.74, 6) is 5.66. The number of nitrogens with one attached hydrogen (secondary N) is 2. The molecule has 6 nitrogen and oxygen atoms in total. The second kappa shape index (κ2) is 5.50. The monoisotopic (exact) mass is 248 g/mol. The fourth-order valence-electron chi connectivity index (χ4n) is 1.86. The lowest BCUT2D eigenvalue weighted by Gasteiger charge is -2.07. The van der Waals surface area contributed by atoms with E-state index in [2.05, 4.69) is 16.0 Å². The topological polar surface area (TPSA) is 88.7 Å². The van der Waals surface area contributed by atoms with E-state index in [1.165, 1.54) is 0 Å². The molecule has 2 rings (SSSR count). The maximum absolute atomic E-state index is 11.2. The summed E-state index contributed by atoms with van der Waals surface area (Å²) in [6.45, 7) is 0. The van der Waals surface area contributed by atoms with Crippen LogP contribution in [0, 0.1) is 0 Å². The SMILES string of the molecule is COc1ccc(C2=NN[C@H](CC(=O)NN)C2)cc1. The van der Waals surface area contributed by atoms with E-state index in [1.54, 1.807) is 7.11 Å². The van der Waals surface area contributed by atoms with E-state index in [0.29, 0.717) is 12.8 Å². The van der Waals surface area contributed by atoms with Crippen LogP contribution >= 0.6 is 0 Å². The maximum Gasteiger partial charge on any atom is 0.236 e. The molecule has 1 aromatic rings. The number of carbonyl (C=O) groups is 1. The van der Waals surface area contributed by atoms with Gasteiger partial charge in [-0.2, -0.15) is 5.10 Å². The Labute approximate surface area is 105 Å². The van der Waals surface area contributed by atoms with E-state index in [-0.39, 0.29) is 11.9 Å². The summed E-state index contributed by atoms with van der Waals surface area (Å²) >= 11 is 0. The third-order valence-corrected chi connectivity index (χ3v) is 2.84. The predicted octanol–water partition coefficient (Wildman–Crippen LogP) is 0.141. The molecule has 0 spiro atoms. The van der Waals surface area contributed by atoms with E-state index >= 15 is 0 Å². The van der Waals surface area contributed by atoms with Gasteiger partial charge in [-0.15, -0.1) is 0 Å². The zero-order valence-corrected chi connectivity index (χ0v) is 10.1. The van der Waals surface area contributed by atoms with Crippen molar-refractivity contribution in [2.75, 3.05) is 7.11 Å². The van der Waals surface area contributed by atoms with Crippen LogP contribution in [0.3, 0.4) is 0 Å². The van der Waals surface area contributed by atoms with E-state index < -0.39 is 0 Å². The van der Waals surface area contributed by atoms with Gasteiger partial charge in [0.2, 0.25) is 5.91 Å². The van der Waals surface area contributed by atoms with Gasteiger partial charge >= 0.3 is 0 Å². The van der Waals surface area contributed by atoms with Gasteiger partial charge in [-0.25, -0.2) is 5.84 Å². The maximum atomic E-state index is 11.2. The van der Waals surface area contributed by atoms with Gasteiger partial charge in [0.1, 0.15) is 5.75 Å². The molecule has 0 aromatic heterocycles. The third-order valence-electron chi connectivity index (χ3n) is 2.84. The average molecular weight is 248 g/mol. The molecule has 0 unspecified atom stereocenters. The largest absolute Gasteiger partial charge is 0.497 e. The van der Waals surface area contributed by atoms with Crippen LogP contribution in [0.4, 0.5) is 0 Å². The van der Waals surface area contributed by atoms with Crippen molar-refractivity contribution in [3.63, 3.8) is 0 Å². The van der Waals surface area contributed by atoms with E-state index in [4.69, 9.17) is 10.6 Å². The molecule has 0 radical (unpaired) electrons. The number of amides is 1. The summed E-state index contributed by atoms with van der Waals surface area (Å²) in [5, 5.41) is 4.24. The van der Waals surface area contributed by atoms with E-state index in [9.17, 15) is 4.79 Å². The highest BCUT2D eigenvalue weighted by atomic mass is 16.5. The Balaban J connectivity index is 1.97. The summed E-state index contributed by atoms with van der Waals surface area (Å²) in [6.07, 6.45) is 1.03. The molecule has 6 heteroatoms. The first-order valence-corrected chi connectivity index (χ1v) is 5.69. The number of nitrogens with two attached hydrogens (primary N) is 1. The van der Waals surface area contributed by atoms with Crippen molar-refractivity contribution in [2.45, 2.75) is 18.9 Å². The number of methoxy groups -OCH3 is 1. The molecule has 1 aliphatic rings. The van der Waals surface area contributed by atoms with Crippen LogP contribution in [-0.2, 0) is 4.79 Å². The summed E-state index contributed by atoms with van der Waals surface area (Å²) < 4.78 is 5.10. The number of hydrazone groups is 1. The fourth-order valence-corrected chi connectivity index (χ4v) is 1.86. The van der Waals surface area contributed by atoms with Crippen LogP contribution < -0.4 is 21.4 Å². The van der Waals surface area contributed by atoms with Crippen LogP contribution in [0.15, 0.2) is 29.4 Å². The molecule has 18 heavy (non-hydrogen) atoms. The molecular formula is C12H16N4O2. The van der Waals surface area contributed by atoms with Crippen molar-refractivity contribution in [3.05, 3.63) is 29.8 Å². The Morgan fingerprint density at radius 1 is 1.56 bits per heavy atom. The Bertz CT molecular complexity index is 456. The number of carbonyl (C=O) groups excluding carboxylic acids is 1. The van der Waals surface area contributed by atoms with Crippen LogP contribution in [0.5, 0.6) is 5.75 Å². The lowest BCUT2D eigenvalue weighted by Crippen LogP contribution is -2.35. The molecule has 0 aliphatic carbocycles. The van der Waals surface area contributed by atoms with Gasteiger partial charge in [0.25, 0.3) is 0 Å². The van der Waals surface area contributed by atoms with E-state index in [1.807, 2.05) is 24.3 Å². The third kappa shape index (κ3) is 2.78. The Hall–Kier alpha value is -2.08. The van der Waals surface area contributed by atoms with Crippen LogP contribution in [0.25, 0.3) is 0 Å². The number of ether oxygens (including phenoxy) is 1. The van der Waals surface area contributed by atoms with Crippen molar-refractivity contribution < 1.29 is 9.53 Å². The standard InChI is InChI=1S/C12H16N4O2/c1-18-10-4-2-8(3-5-10)11-6-9(15-16-11)7-12(17)14-13/h2-5,9,15H,6-7,13H2,1H3,(H,14,17)/t9-/m0/s1. The van der Waals surface area contributed by atoms with Crippen LogP contribution in [0.2, 0.25) is 0 Å². The normalized spacial score (nSPS) is 17.9. The van der Waals surface area contributed by atoms with Crippen molar-refractivity contribution in [1.82, 2.24) is 10.9 Å². The minimum absolute atomic E-state index is 0.00523. The van der Waals surface area contributed by atoms with Gasteiger partial charge in [0.05, 0.1) is 25.3 Å². The highest BCUT2D eigenvalue weighted by Gasteiger charge is 2.21. The Morgan fingerprint density at radius 3 is 2.89 bits per heavy atom. The fraction of sp³-hybridized carbons (Fsp3) is 0.333. The minimum atomic E-state index is -0.196. The number of hydrazine groups is 1. The van der Waals surface area contributed by atoms with Gasteiger partial charge in [0, 0.05) is 6.42 Å². The summed E-state index contributed by atoms with van der Waals surface area (Å²) in [7, 11) is 1.63. The van der Waals surface area contributed by atoms with Gasteiger partial charge in [-0.05, 0) is 29.8 Å². The molecule has 1 aromatic carbocycles. The molecule has 1 aliphatic heterocycles. The van der Waals surface area contributed by atoms with Gasteiger partial charge < -0.3 is 10.2 Å². The Kier molecular flexibility index (Phi) is 3.78. The highest BCUT2D eigenvalue weighted by molar-refractivity contribution is 6.02. The van der Waals surface area contributed by atoms with E-state index in [0.717, 1.165) is 17.0 Å². The number of rotatable bonds is 4. The van der Waals surface area contributed by atoms with Gasteiger partial charge in [-0.1, -0.05) is 0 Å². The van der Waals surface area contributed by atoms with Crippen molar-refractivity contribution in [2.24, 2.45) is 10.9 Å². The first-order valence-electron chi connectivity index (χ1n) is 5.69. The zero-order chi connectivity index (χ0) is 13.0. The second-order valence-corrected chi connectivity index (χ2v) is 4.09. The lowest BCUT2D eigenvalue weighted by atomic mass is 10.0. The van der Waals surface area contributed by atoms with Gasteiger partial charge in [0.15, 0.2) is 0 Å². The molecule has 96 valence electrons. The molecule has 4 N–H and O–H groups in total. The summed E-state index contributed by atoms with van der Waals surface area (Å²) in [5.41, 5.74) is 7.02. The molecule has 1 atom stereocenters. The van der Waals surface area contributed by atoms with Crippen molar-refractivity contribution >= 4 is 11.6 Å². The lowest BCUT2D eigenvalue weighted by molar-refractivity contribution is -0.121. The molecule has 0 bridgehead atoms. The predicted molar refractivity (Wildman–Crippen MR) is 68.0 cm³/mol. The number of hydrogen-bond donors (Lipinski definition) is 3. The quantitative estimate of drug-likeness (QED) is 0.402. The summed E-state index contributed by atoms with van der Waals surface area (Å²) in [6, 6.07) is 7.68.